The van der Waals surface area contributed by atoms with Gasteiger partial charge in [-0.05, 0) is 60.9 Å². The average Bonchev–Trinajstić information content (AvgIpc) is 2.61. The lowest BCUT2D eigenvalue weighted by molar-refractivity contribution is -0.0695. The summed E-state index contributed by atoms with van der Waals surface area (Å²) < 4.78 is 0. The van der Waals surface area contributed by atoms with Crippen LogP contribution in [0.15, 0.2) is 54.6 Å². The van der Waals surface area contributed by atoms with Gasteiger partial charge in [0.2, 0.25) is 0 Å². The summed E-state index contributed by atoms with van der Waals surface area (Å²) in [5.41, 5.74) is 2.36. The normalized spacial score (nSPS) is 30.0. The topological polar surface area (TPSA) is 52.5 Å². The van der Waals surface area contributed by atoms with E-state index < -0.39 is 0 Å². The first kappa shape index (κ1) is 16.6. The van der Waals surface area contributed by atoms with Crippen LogP contribution in [0.3, 0.4) is 0 Å². The molecule has 0 spiro atoms. The fraction of sp³-hybridized carbons (Fsp3) is 0.455. The zero-order valence-corrected chi connectivity index (χ0v) is 14.6. The molecule has 0 aromatic heterocycles. The van der Waals surface area contributed by atoms with Crippen molar-refractivity contribution < 1.29 is 10.2 Å². The number of hydrogen-bond donors (Lipinski definition) is 3. The van der Waals surface area contributed by atoms with Crippen molar-refractivity contribution in [2.45, 2.75) is 50.2 Å². The van der Waals surface area contributed by atoms with Crippen LogP contribution in [0.2, 0.25) is 0 Å². The Bertz CT molecular complexity index is 705. The molecule has 0 radical (unpaired) electrons. The standard InChI is InChI=1S/C22H27NO2/c24-18-9-4-8-17(14-18)19(16-6-2-1-3-7-16)15-22-11-5-10-20(21(22)25)23-13-12-22/h1-4,6-9,14,19-21,23-25H,5,10-13,15H2. The molecule has 1 saturated heterocycles. The molecule has 1 heterocycles. The van der Waals surface area contributed by atoms with Crippen LogP contribution in [0.25, 0.3) is 0 Å². The predicted octanol–water partition coefficient (Wildman–Crippen LogP) is 3.81. The number of phenolic OH excluding ortho intramolecular Hbond substituents is 1. The van der Waals surface area contributed by atoms with Gasteiger partial charge in [0.15, 0.2) is 0 Å². The Morgan fingerprint density at radius 3 is 2.64 bits per heavy atom. The molecular formula is C22H27NO2. The molecule has 4 unspecified atom stereocenters. The fourth-order valence-electron chi connectivity index (χ4n) is 4.99. The maximum absolute atomic E-state index is 11.0. The van der Waals surface area contributed by atoms with Crippen molar-refractivity contribution in [1.82, 2.24) is 5.32 Å². The number of benzene rings is 2. The molecule has 3 N–H and O–H groups in total. The van der Waals surface area contributed by atoms with Crippen molar-refractivity contribution in [3.8, 4) is 5.75 Å². The molecule has 1 aliphatic heterocycles. The number of nitrogens with one attached hydrogen (secondary N) is 1. The predicted molar refractivity (Wildman–Crippen MR) is 99.7 cm³/mol. The molecule has 2 aliphatic rings. The molecule has 4 atom stereocenters. The Balaban J connectivity index is 1.71. The molecule has 1 saturated carbocycles. The lowest BCUT2D eigenvalue weighted by Crippen LogP contribution is -2.58. The highest BCUT2D eigenvalue weighted by atomic mass is 16.3. The van der Waals surface area contributed by atoms with E-state index in [-0.39, 0.29) is 23.5 Å². The third kappa shape index (κ3) is 3.19. The van der Waals surface area contributed by atoms with E-state index in [0.29, 0.717) is 5.75 Å². The molecule has 132 valence electrons. The van der Waals surface area contributed by atoms with Crippen LogP contribution in [0, 0.1) is 5.41 Å². The van der Waals surface area contributed by atoms with E-state index in [1.54, 1.807) is 6.07 Å². The summed E-state index contributed by atoms with van der Waals surface area (Å²) in [6, 6.07) is 18.4. The smallest absolute Gasteiger partial charge is 0.115 e. The minimum absolute atomic E-state index is 0.0276. The summed E-state index contributed by atoms with van der Waals surface area (Å²) in [5, 5.41) is 24.5. The number of hydrogen-bond acceptors (Lipinski definition) is 3. The Morgan fingerprint density at radius 1 is 1.04 bits per heavy atom. The maximum Gasteiger partial charge on any atom is 0.115 e. The van der Waals surface area contributed by atoms with Crippen LogP contribution < -0.4 is 5.32 Å². The largest absolute Gasteiger partial charge is 0.508 e. The second-order valence-corrected chi connectivity index (χ2v) is 7.77. The first-order valence-corrected chi connectivity index (χ1v) is 9.43. The van der Waals surface area contributed by atoms with Gasteiger partial charge < -0.3 is 15.5 Å². The summed E-state index contributed by atoms with van der Waals surface area (Å²) in [4.78, 5) is 0. The van der Waals surface area contributed by atoms with Crippen LogP contribution in [0.5, 0.6) is 5.75 Å². The number of aliphatic hydroxyl groups excluding tert-OH is 1. The minimum Gasteiger partial charge on any atom is -0.508 e. The molecule has 2 aromatic rings. The van der Waals surface area contributed by atoms with Gasteiger partial charge in [-0.3, -0.25) is 0 Å². The summed E-state index contributed by atoms with van der Waals surface area (Å²) >= 11 is 0. The zero-order chi connectivity index (χ0) is 17.3. The van der Waals surface area contributed by atoms with Crippen molar-refractivity contribution in [1.29, 1.82) is 0 Å². The fourth-order valence-corrected chi connectivity index (χ4v) is 4.99. The highest BCUT2D eigenvalue weighted by Crippen LogP contribution is 2.49. The molecule has 25 heavy (non-hydrogen) atoms. The number of phenols is 1. The van der Waals surface area contributed by atoms with Gasteiger partial charge in [-0.2, -0.15) is 0 Å². The number of rotatable bonds is 4. The van der Waals surface area contributed by atoms with Gasteiger partial charge >= 0.3 is 0 Å². The summed E-state index contributed by atoms with van der Waals surface area (Å²) in [6.07, 6.45) is 5.01. The lowest BCUT2D eigenvalue weighted by Gasteiger charge is -2.51. The number of piperidine rings is 1. The summed E-state index contributed by atoms with van der Waals surface area (Å²) in [7, 11) is 0. The summed E-state index contributed by atoms with van der Waals surface area (Å²) in [5.74, 6) is 0.503. The van der Waals surface area contributed by atoms with Gasteiger partial charge in [0.05, 0.1) is 6.10 Å². The van der Waals surface area contributed by atoms with Gasteiger partial charge in [0.25, 0.3) is 0 Å². The molecule has 4 rings (SSSR count). The van der Waals surface area contributed by atoms with Gasteiger partial charge in [-0.25, -0.2) is 0 Å². The van der Waals surface area contributed by atoms with Crippen LogP contribution in [-0.2, 0) is 0 Å². The summed E-state index contributed by atoms with van der Waals surface area (Å²) in [6.45, 7) is 0.989. The molecule has 2 aromatic carbocycles. The Hall–Kier alpha value is -1.84. The number of aliphatic hydroxyl groups is 1. The van der Waals surface area contributed by atoms with E-state index in [1.165, 1.54) is 12.0 Å². The van der Waals surface area contributed by atoms with E-state index in [2.05, 4.69) is 35.6 Å². The van der Waals surface area contributed by atoms with E-state index in [1.807, 2.05) is 18.2 Å². The molecular weight excluding hydrogens is 310 g/mol. The van der Waals surface area contributed by atoms with Gasteiger partial charge in [-0.15, -0.1) is 0 Å². The third-order valence-corrected chi connectivity index (χ3v) is 6.31. The SMILES string of the molecule is Oc1cccc(C(CC23CCCC(NCC2)C3O)c2ccccc2)c1. The van der Waals surface area contributed by atoms with E-state index in [9.17, 15) is 10.2 Å². The first-order chi connectivity index (χ1) is 12.2. The minimum atomic E-state index is -0.279. The van der Waals surface area contributed by atoms with Crippen molar-refractivity contribution >= 4 is 0 Å². The van der Waals surface area contributed by atoms with E-state index in [4.69, 9.17) is 0 Å². The zero-order valence-electron chi connectivity index (χ0n) is 14.6. The van der Waals surface area contributed by atoms with Crippen LogP contribution >= 0.6 is 0 Å². The van der Waals surface area contributed by atoms with Gasteiger partial charge in [0, 0.05) is 12.0 Å². The third-order valence-electron chi connectivity index (χ3n) is 6.31. The second-order valence-electron chi connectivity index (χ2n) is 7.77. The number of aromatic hydroxyl groups is 1. The van der Waals surface area contributed by atoms with Crippen molar-refractivity contribution in [3.63, 3.8) is 0 Å². The monoisotopic (exact) mass is 337 g/mol. The van der Waals surface area contributed by atoms with E-state index in [0.717, 1.165) is 37.8 Å². The number of fused-ring (bicyclic) bond motifs is 2. The quantitative estimate of drug-likeness (QED) is 0.795. The lowest BCUT2D eigenvalue weighted by atomic mass is 9.60. The molecule has 2 bridgehead atoms. The molecule has 3 nitrogen and oxygen atoms in total. The van der Waals surface area contributed by atoms with Crippen molar-refractivity contribution in [3.05, 3.63) is 65.7 Å². The first-order valence-electron chi connectivity index (χ1n) is 9.43. The van der Waals surface area contributed by atoms with Crippen molar-refractivity contribution in [2.75, 3.05) is 6.54 Å². The van der Waals surface area contributed by atoms with Crippen LogP contribution in [0.4, 0.5) is 0 Å². The Labute approximate surface area is 149 Å². The molecule has 1 aliphatic carbocycles. The Kier molecular flexibility index (Phi) is 4.53. The molecule has 2 fully saturated rings. The highest BCUT2D eigenvalue weighted by molar-refractivity contribution is 5.37. The molecule has 3 heteroatoms. The van der Waals surface area contributed by atoms with Gasteiger partial charge in [0.1, 0.15) is 5.75 Å². The van der Waals surface area contributed by atoms with E-state index >= 15 is 0 Å². The molecule has 0 amide bonds. The van der Waals surface area contributed by atoms with Gasteiger partial charge in [-0.1, -0.05) is 48.9 Å². The van der Waals surface area contributed by atoms with Crippen molar-refractivity contribution in [2.24, 2.45) is 5.41 Å². The van der Waals surface area contributed by atoms with Crippen LogP contribution in [-0.4, -0.2) is 28.9 Å². The Morgan fingerprint density at radius 2 is 1.84 bits per heavy atom. The van der Waals surface area contributed by atoms with Crippen LogP contribution in [0.1, 0.15) is 49.1 Å². The average molecular weight is 337 g/mol. The second kappa shape index (κ2) is 6.81. The maximum atomic E-state index is 11.0. The highest BCUT2D eigenvalue weighted by Gasteiger charge is 2.48.